The third-order valence-corrected chi connectivity index (χ3v) is 8.31. The van der Waals surface area contributed by atoms with E-state index in [0.29, 0.717) is 6.04 Å². The summed E-state index contributed by atoms with van der Waals surface area (Å²) in [5.41, 5.74) is 2.33. The molecule has 3 fully saturated rings. The highest BCUT2D eigenvalue weighted by Gasteiger charge is 2.34. The first-order chi connectivity index (χ1) is 17.5. The van der Waals surface area contributed by atoms with E-state index in [1.165, 1.54) is 18.5 Å². The lowest BCUT2D eigenvalue weighted by atomic mass is 9.99. The average Bonchev–Trinajstić information content (AvgIpc) is 3.67. The Balaban J connectivity index is 1.05. The van der Waals surface area contributed by atoms with Gasteiger partial charge in [-0.25, -0.2) is 4.68 Å². The quantitative estimate of drug-likeness (QED) is 0.572. The van der Waals surface area contributed by atoms with Gasteiger partial charge in [0.2, 0.25) is 5.91 Å². The highest BCUT2D eigenvalue weighted by atomic mass is 16.5. The number of hydrogen-bond acceptors (Lipinski definition) is 6. The number of benzene rings is 1. The SMILES string of the molecule is C[C@H](C(=O)NC1CCCC1)C1CCC(C[C@@H](C)n2cc(CN3CCN(c4ccccc4)CC3)nn2)O1. The Morgan fingerprint density at radius 3 is 2.56 bits per heavy atom. The van der Waals surface area contributed by atoms with E-state index in [2.05, 4.69) is 68.9 Å². The van der Waals surface area contributed by atoms with Crippen molar-refractivity contribution in [3.8, 4) is 0 Å². The molecule has 3 heterocycles. The molecule has 0 bridgehead atoms. The van der Waals surface area contributed by atoms with E-state index in [4.69, 9.17) is 4.74 Å². The summed E-state index contributed by atoms with van der Waals surface area (Å²) >= 11 is 0. The molecule has 8 nitrogen and oxygen atoms in total. The molecule has 196 valence electrons. The van der Waals surface area contributed by atoms with Crippen LogP contribution in [0, 0.1) is 5.92 Å². The van der Waals surface area contributed by atoms with Crippen LogP contribution in [0.4, 0.5) is 5.69 Å². The van der Waals surface area contributed by atoms with Gasteiger partial charge in [0.15, 0.2) is 0 Å². The van der Waals surface area contributed by atoms with Gasteiger partial charge in [-0.2, -0.15) is 0 Å². The zero-order valence-electron chi connectivity index (χ0n) is 21.9. The molecule has 36 heavy (non-hydrogen) atoms. The van der Waals surface area contributed by atoms with Crippen molar-refractivity contribution in [2.24, 2.45) is 5.92 Å². The van der Waals surface area contributed by atoms with Crippen LogP contribution in [0.25, 0.3) is 0 Å². The highest BCUT2D eigenvalue weighted by molar-refractivity contribution is 5.79. The number of carbonyl (C=O) groups is 1. The number of nitrogens with one attached hydrogen (secondary N) is 1. The Morgan fingerprint density at radius 2 is 1.81 bits per heavy atom. The molecule has 1 aromatic heterocycles. The molecule has 1 aromatic carbocycles. The summed E-state index contributed by atoms with van der Waals surface area (Å²) in [4.78, 5) is 17.6. The predicted octanol–water partition coefficient (Wildman–Crippen LogP) is 3.79. The van der Waals surface area contributed by atoms with Gasteiger partial charge in [0, 0.05) is 44.5 Å². The molecule has 8 heteroatoms. The maximum Gasteiger partial charge on any atom is 0.225 e. The highest BCUT2D eigenvalue weighted by Crippen LogP contribution is 2.31. The molecule has 2 saturated heterocycles. The molecule has 4 atom stereocenters. The lowest BCUT2D eigenvalue weighted by molar-refractivity contribution is -0.130. The van der Waals surface area contributed by atoms with E-state index >= 15 is 0 Å². The van der Waals surface area contributed by atoms with E-state index < -0.39 is 0 Å². The summed E-state index contributed by atoms with van der Waals surface area (Å²) < 4.78 is 8.33. The summed E-state index contributed by atoms with van der Waals surface area (Å²) in [6.45, 7) is 9.17. The van der Waals surface area contributed by atoms with E-state index in [-0.39, 0.29) is 30.1 Å². The molecule has 2 aromatic rings. The van der Waals surface area contributed by atoms with Crippen molar-refractivity contribution in [1.29, 1.82) is 0 Å². The number of aromatic nitrogens is 3. The second kappa shape index (κ2) is 11.7. The Hall–Kier alpha value is -2.45. The van der Waals surface area contributed by atoms with E-state index in [0.717, 1.165) is 70.5 Å². The number of carbonyl (C=O) groups excluding carboxylic acids is 1. The average molecular weight is 495 g/mol. The first-order valence-electron chi connectivity index (χ1n) is 13.9. The van der Waals surface area contributed by atoms with Crippen LogP contribution in [0.15, 0.2) is 36.5 Å². The van der Waals surface area contributed by atoms with Crippen LogP contribution >= 0.6 is 0 Å². The summed E-state index contributed by atoms with van der Waals surface area (Å²) in [6.07, 6.45) is 9.83. The van der Waals surface area contributed by atoms with Crippen LogP contribution in [-0.2, 0) is 16.1 Å². The number of hydrogen-bond donors (Lipinski definition) is 1. The minimum absolute atomic E-state index is 0.0180. The van der Waals surface area contributed by atoms with Gasteiger partial charge in [-0.05, 0) is 51.2 Å². The van der Waals surface area contributed by atoms with Gasteiger partial charge in [-0.15, -0.1) is 5.10 Å². The third kappa shape index (κ3) is 6.27. The molecule has 3 aliphatic rings. The van der Waals surface area contributed by atoms with Crippen LogP contribution in [-0.4, -0.2) is 70.2 Å². The van der Waals surface area contributed by atoms with Crippen molar-refractivity contribution in [3.05, 3.63) is 42.2 Å². The summed E-state index contributed by atoms with van der Waals surface area (Å²) in [7, 11) is 0. The Kier molecular flexibility index (Phi) is 8.22. The van der Waals surface area contributed by atoms with Gasteiger partial charge in [0.05, 0.1) is 36.1 Å². The summed E-state index contributed by atoms with van der Waals surface area (Å²) in [5.74, 6) is 0.0670. The number of piperazine rings is 1. The number of rotatable bonds is 9. The second-order valence-corrected chi connectivity index (χ2v) is 11.0. The first kappa shape index (κ1) is 25.2. The van der Waals surface area contributed by atoms with Crippen LogP contribution in [0.5, 0.6) is 0 Å². The molecule has 0 spiro atoms. The predicted molar refractivity (Wildman–Crippen MR) is 141 cm³/mol. The smallest absolute Gasteiger partial charge is 0.225 e. The molecule has 1 N–H and O–H groups in total. The van der Waals surface area contributed by atoms with E-state index in [9.17, 15) is 4.79 Å². The monoisotopic (exact) mass is 494 g/mol. The number of ether oxygens (including phenoxy) is 1. The number of para-hydroxylation sites is 1. The zero-order chi connectivity index (χ0) is 24.9. The molecule has 1 aliphatic carbocycles. The van der Waals surface area contributed by atoms with E-state index in [1.807, 2.05) is 11.6 Å². The number of anilines is 1. The van der Waals surface area contributed by atoms with Crippen molar-refractivity contribution in [3.63, 3.8) is 0 Å². The number of nitrogens with zero attached hydrogens (tertiary/aromatic N) is 5. The van der Waals surface area contributed by atoms with Crippen LogP contribution < -0.4 is 10.2 Å². The van der Waals surface area contributed by atoms with Crippen LogP contribution in [0.3, 0.4) is 0 Å². The lowest BCUT2D eigenvalue weighted by Crippen LogP contribution is -2.46. The summed E-state index contributed by atoms with van der Waals surface area (Å²) in [5, 5.41) is 12.1. The van der Waals surface area contributed by atoms with Crippen LogP contribution in [0.1, 0.15) is 70.5 Å². The minimum Gasteiger partial charge on any atom is -0.374 e. The van der Waals surface area contributed by atoms with Crippen molar-refractivity contribution < 1.29 is 9.53 Å². The molecule has 1 saturated carbocycles. The van der Waals surface area contributed by atoms with Gasteiger partial charge in [0.25, 0.3) is 0 Å². The minimum atomic E-state index is -0.0914. The van der Waals surface area contributed by atoms with Gasteiger partial charge in [-0.3, -0.25) is 9.69 Å². The van der Waals surface area contributed by atoms with Crippen molar-refractivity contribution in [2.45, 2.75) is 89.6 Å². The summed E-state index contributed by atoms with van der Waals surface area (Å²) in [6, 6.07) is 11.2. The Bertz CT molecular complexity index is 967. The molecular formula is C28H42N6O2. The Labute approximate surface area is 215 Å². The maximum atomic E-state index is 12.7. The normalized spacial score (nSPS) is 25.2. The van der Waals surface area contributed by atoms with Gasteiger partial charge in [-0.1, -0.05) is 43.2 Å². The molecule has 5 rings (SSSR count). The van der Waals surface area contributed by atoms with Crippen molar-refractivity contribution >= 4 is 11.6 Å². The lowest BCUT2D eigenvalue weighted by Gasteiger charge is -2.35. The fourth-order valence-corrected chi connectivity index (χ4v) is 5.97. The fraction of sp³-hybridized carbons (Fsp3) is 0.679. The molecule has 2 aliphatic heterocycles. The maximum absolute atomic E-state index is 12.7. The first-order valence-corrected chi connectivity index (χ1v) is 13.9. The zero-order valence-corrected chi connectivity index (χ0v) is 21.9. The Morgan fingerprint density at radius 1 is 1.06 bits per heavy atom. The van der Waals surface area contributed by atoms with Crippen molar-refractivity contribution in [1.82, 2.24) is 25.2 Å². The largest absolute Gasteiger partial charge is 0.374 e. The van der Waals surface area contributed by atoms with Crippen LogP contribution in [0.2, 0.25) is 0 Å². The second-order valence-electron chi connectivity index (χ2n) is 11.0. The van der Waals surface area contributed by atoms with Gasteiger partial charge < -0.3 is 15.0 Å². The fourth-order valence-electron chi connectivity index (χ4n) is 5.97. The standard InChI is InChI=1S/C28H42N6O2/c1-21(18-26-12-13-27(36-26)22(2)28(35)29-23-8-6-7-9-23)34-20-24(30-31-34)19-32-14-16-33(17-15-32)25-10-4-3-5-11-25/h3-5,10-11,20-23,26-27H,6-9,12-19H2,1-2H3,(H,29,35)/t21-,22+,26?,27?/m1/s1. The number of amides is 1. The van der Waals surface area contributed by atoms with Gasteiger partial charge in [0.1, 0.15) is 0 Å². The third-order valence-electron chi connectivity index (χ3n) is 8.31. The molecular weight excluding hydrogens is 452 g/mol. The topological polar surface area (TPSA) is 75.5 Å². The van der Waals surface area contributed by atoms with Crippen molar-refractivity contribution in [2.75, 3.05) is 31.1 Å². The van der Waals surface area contributed by atoms with E-state index in [1.54, 1.807) is 0 Å². The molecule has 0 radical (unpaired) electrons. The molecule has 1 amide bonds. The van der Waals surface area contributed by atoms with Gasteiger partial charge >= 0.3 is 0 Å². The molecule has 2 unspecified atom stereocenters.